The van der Waals surface area contributed by atoms with E-state index in [-0.39, 0.29) is 30.0 Å². The summed E-state index contributed by atoms with van der Waals surface area (Å²) in [5.74, 6) is 1.27. The van der Waals surface area contributed by atoms with E-state index in [1.54, 1.807) is 30.3 Å². The average molecular weight is 365 g/mol. The van der Waals surface area contributed by atoms with Crippen LogP contribution in [0.25, 0.3) is 11.5 Å². The van der Waals surface area contributed by atoms with Gasteiger partial charge in [0.15, 0.2) is 11.5 Å². The number of anilines is 1. The summed E-state index contributed by atoms with van der Waals surface area (Å²) in [6, 6.07) is 12.8. The SMILES string of the molecule is CC(C)(C)c1ccc(C(=O)Nc2nnc(-c3ccc4c(c3)OCO4)o2)cc1. The molecule has 138 valence electrons. The van der Waals surface area contributed by atoms with Crippen molar-refractivity contribution < 1.29 is 18.7 Å². The molecule has 0 radical (unpaired) electrons. The van der Waals surface area contributed by atoms with Gasteiger partial charge in [-0.25, -0.2) is 0 Å². The lowest BCUT2D eigenvalue weighted by atomic mass is 9.87. The molecule has 1 aliphatic heterocycles. The molecule has 1 N–H and O–H groups in total. The van der Waals surface area contributed by atoms with Crippen LogP contribution in [0.15, 0.2) is 46.9 Å². The fourth-order valence-electron chi connectivity index (χ4n) is 2.71. The molecule has 3 aromatic rings. The quantitative estimate of drug-likeness (QED) is 0.754. The summed E-state index contributed by atoms with van der Waals surface area (Å²) in [5, 5.41) is 10.5. The molecule has 0 saturated carbocycles. The Bertz CT molecular complexity index is 987. The molecule has 7 heteroatoms. The van der Waals surface area contributed by atoms with Gasteiger partial charge >= 0.3 is 6.01 Å². The molecule has 0 unspecified atom stereocenters. The van der Waals surface area contributed by atoms with E-state index < -0.39 is 0 Å². The Kier molecular flexibility index (Phi) is 4.07. The number of nitrogens with one attached hydrogen (secondary N) is 1. The van der Waals surface area contributed by atoms with E-state index in [0.29, 0.717) is 22.6 Å². The maximum Gasteiger partial charge on any atom is 0.322 e. The number of fused-ring (bicyclic) bond motifs is 1. The summed E-state index contributed by atoms with van der Waals surface area (Å²) in [6.07, 6.45) is 0. The number of nitrogens with zero attached hydrogens (tertiary/aromatic N) is 2. The van der Waals surface area contributed by atoms with Crippen molar-refractivity contribution in [3.05, 3.63) is 53.6 Å². The van der Waals surface area contributed by atoms with Crippen LogP contribution >= 0.6 is 0 Å². The zero-order valence-corrected chi connectivity index (χ0v) is 15.3. The van der Waals surface area contributed by atoms with Crippen molar-refractivity contribution in [3.8, 4) is 23.0 Å². The van der Waals surface area contributed by atoms with Crippen LogP contribution in [0.1, 0.15) is 36.7 Å². The second-order valence-corrected chi connectivity index (χ2v) is 7.26. The lowest BCUT2D eigenvalue weighted by molar-refractivity contribution is 0.102. The molecule has 0 saturated heterocycles. The van der Waals surface area contributed by atoms with Gasteiger partial charge in [-0.3, -0.25) is 10.1 Å². The van der Waals surface area contributed by atoms with Gasteiger partial charge in [0.25, 0.3) is 5.91 Å². The number of hydrogen-bond donors (Lipinski definition) is 1. The molecular formula is C20H19N3O4. The molecule has 2 aromatic carbocycles. The number of amides is 1. The van der Waals surface area contributed by atoms with E-state index in [2.05, 4.69) is 36.3 Å². The van der Waals surface area contributed by atoms with Gasteiger partial charge in [0.1, 0.15) is 0 Å². The molecule has 0 spiro atoms. The van der Waals surface area contributed by atoms with E-state index in [0.717, 1.165) is 5.56 Å². The molecule has 2 heterocycles. The first kappa shape index (κ1) is 17.1. The highest BCUT2D eigenvalue weighted by Crippen LogP contribution is 2.35. The molecule has 1 aromatic heterocycles. The minimum atomic E-state index is -0.309. The van der Waals surface area contributed by atoms with E-state index in [1.165, 1.54) is 0 Å². The Hall–Kier alpha value is -3.35. The first-order valence-corrected chi connectivity index (χ1v) is 8.55. The Balaban J connectivity index is 1.48. The Morgan fingerprint density at radius 3 is 2.48 bits per heavy atom. The average Bonchev–Trinajstić information content (AvgIpc) is 3.29. The van der Waals surface area contributed by atoms with Crippen LogP contribution in [0.5, 0.6) is 11.5 Å². The number of carbonyl (C=O) groups is 1. The van der Waals surface area contributed by atoms with Gasteiger partial charge in [-0.05, 0) is 41.3 Å². The molecule has 27 heavy (non-hydrogen) atoms. The number of hydrogen-bond acceptors (Lipinski definition) is 6. The third kappa shape index (κ3) is 3.48. The lowest BCUT2D eigenvalue weighted by Crippen LogP contribution is -2.14. The first-order valence-electron chi connectivity index (χ1n) is 8.55. The summed E-state index contributed by atoms with van der Waals surface area (Å²) in [4.78, 5) is 12.4. The second kappa shape index (κ2) is 6.42. The fourth-order valence-corrected chi connectivity index (χ4v) is 2.71. The third-order valence-electron chi connectivity index (χ3n) is 4.28. The topological polar surface area (TPSA) is 86.5 Å². The lowest BCUT2D eigenvalue weighted by Gasteiger charge is -2.18. The molecule has 0 atom stereocenters. The van der Waals surface area contributed by atoms with Crippen molar-refractivity contribution in [3.63, 3.8) is 0 Å². The maximum absolute atomic E-state index is 12.4. The normalized spacial score (nSPS) is 12.9. The van der Waals surface area contributed by atoms with Crippen molar-refractivity contribution in [2.75, 3.05) is 12.1 Å². The van der Waals surface area contributed by atoms with E-state index in [9.17, 15) is 4.79 Å². The van der Waals surface area contributed by atoms with Crippen molar-refractivity contribution in [1.29, 1.82) is 0 Å². The van der Waals surface area contributed by atoms with Crippen LogP contribution in [0.2, 0.25) is 0 Å². The zero-order chi connectivity index (χ0) is 19.0. The fraction of sp³-hybridized carbons (Fsp3) is 0.250. The Labute approximate surface area is 156 Å². The van der Waals surface area contributed by atoms with Crippen LogP contribution in [-0.2, 0) is 5.41 Å². The van der Waals surface area contributed by atoms with Crippen LogP contribution in [0, 0.1) is 0 Å². The molecule has 0 bridgehead atoms. The maximum atomic E-state index is 12.4. The number of carbonyl (C=O) groups excluding carboxylic acids is 1. The van der Waals surface area contributed by atoms with Gasteiger partial charge in [-0.1, -0.05) is 38.0 Å². The molecular weight excluding hydrogens is 346 g/mol. The van der Waals surface area contributed by atoms with Crippen molar-refractivity contribution >= 4 is 11.9 Å². The molecule has 0 fully saturated rings. The van der Waals surface area contributed by atoms with E-state index in [4.69, 9.17) is 13.9 Å². The molecule has 1 aliphatic rings. The monoisotopic (exact) mass is 365 g/mol. The highest BCUT2D eigenvalue weighted by atomic mass is 16.7. The summed E-state index contributed by atoms with van der Waals surface area (Å²) in [7, 11) is 0. The number of aromatic nitrogens is 2. The predicted octanol–water partition coefficient (Wildman–Crippen LogP) is 4.02. The second-order valence-electron chi connectivity index (χ2n) is 7.26. The summed E-state index contributed by atoms with van der Waals surface area (Å²) < 4.78 is 16.2. The number of benzene rings is 2. The first-order chi connectivity index (χ1) is 12.9. The number of rotatable bonds is 3. The molecule has 1 amide bonds. The van der Waals surface area contributed by atoms with Crippen molar-refractivity contribution in [2.45, 2.75) is 26.2 Å². The van der Waals surface area contributed by atoms with Gasteiger partial charge in [0, 0.05) is 11.1 Å². The smallest absolute Gasteiger partial charge is 0.322 e. The van der Waals surface area contributed by atoms with Gasteiger partial charge < -0.3 is 13.9 Å². The Morgan fingerprint density at radius 2 is 1.74 bits per heavy atom. The van der Waals surface area contributed by atoms with Crippen LogP contribution in [0.3, 0.4) is 0 Å². The Morgan fingerprint density at radius 1 is 1.00 bits per heavy atom. The standard InChI is InChI=1S/C20H19N3O4/c1-20(2,3)14-7-4-12(5-8-14)17(24)21-19-23-22-18(27-19)13-6-9-15-16(10-13)26-11-25-15/h4-10H,11H2,1-3H3,(H,21,23,24). The van der Waals surface area contributed by atoms with Crippen LogP contribution in [-0.4, -0.2) is 22.9 Å². The number of ether oxygens (including phenoxy) is 2. The van der Waals surface area contributed by atoms with Crippen molar-refractivity contribution in [2.24, 2.45) is 0 Å². The summed E-state index contributed by atoms with van der Waals surface area (Å²) in [6.45, 7) is 6.56. The van der Waals surface area contributed by atoms with E-state index in [1.807, 2.05) is 12.1 Å². The van der Waals surface area contributed by atoms with E-state index >= 15 is 0 Å². The van der Waals surface area contributed by atoms with Gasteiger partial charge in [-0.15, -0.1) is 5.10 Å². The summed E-state index contributed by atoms with van der Waals surface area (Å²) >= 11 is 0. The molecule has 7 nitrogen and oxygen atoms in total. The predicted molar refractivity (Wildman–Crippen MR) is 99.0 cm³/mol. The van der Waals surface area contributed by atoms with Gasteiger partial charge in [0.2, 0.25) is 12.7 Å². The van der Waals surface area contributed by atoms with Crippen LogP contribution < -0.4 is 14.8 Å². The van der Waals surface area contributed by atoms with Gasteiger partial charge in [-0.2, -0.15) is 0 Å². The van der Waals surface area contributed by atoms with Crippen LogP contribution in [0.4, 0.5) is 6.01 Å². The van der Waals surface area contributed by atoms with Crippen molar-refractivity contribution in [1.82, 2.24) is 10.2 Å². The minimum absolute atomic E-state index is 0.0288. The highest BCUT2D eigenvalue weighted by molar-refractivity contribution is 6.03. The molecule has 0 aliphatic carbocycles. The largest absolute Gasteiger partial charge is 0.454 e. The minimum Gasteiger partial charge on any atom is -0.454 e. The third-order valence-corrected chi connectivity index (χ3v) is 4.28. The zero-order valence-electron chi connectivity index (χ0n) is 15.3. The molecule has 4 rings (SSSR count). The summed E-state index contributed by atoms with van der Waals surface area (Å²) in [5.41, 5.74) is 2.38. The highest BCUT2D eigenvalue weighted by Gasteiger charge is 2.18. The van der Waals surface area contributed by atoms with Gasteiger partial charge in [0.05, 0.1) is 0 Å².